The van der Waals surface area contributed by atoms with E-state index in [1.165, 1.54) is 157 Å². The lowest BCUT2D eigenvalue weighted by atomic mass is 9.70. The first-order valence-corrected chi connectivity index (χ1v) is 17.4. The van der Waals surface area contributed by atoms with Gasteiger partial charge in [-0.05, 0) is 47.2 Å². The Kier molecular flexibility index (Phi) is 15.1. The first-order valence-electron chi connectivity index (χ1n) is 16.6. The van der Waals surface area contributed by atoms with E-state index in [9.17, 15) is 0 Å². The minimum Gasteiger partial charge on any atom is -0.0654 e. The van der Waals surface area contributed by atoms with Gasteiger partial charge in [-0.15, -0.1) is 0 Å². The third kappa shape index (κ3) is 9.53. The van der Waals surface area contributed by atoms with E-state index in [0.29, 0.717) is 0 Å². The number of fused-ring (bicyclic) bond motifs is 3. The zero-order valence-electron chi connectivity index (χ0n) is 25.0. The summed E-state index contributed by atoms with van der Waals surface area (Å²) in [5, 5.41) is 0. The Bertz CT molecular complexity index is 873. The molecule has 0 N–H and O–H groups in total. The van der Waals surface area contributed by atoms with Crippen LogP contribution >= 0.6 is 15.9 Å². The molecule has 0 saturated heterocycles. The van der Waals surface area contributed by atoms with Crippen LogP contribution in [0.4, 0.5) is 0 Å². The van der Waals surface area contributed by atoms with E-state index in [0.717, 1.165) is 0 Å². The van der Waals surface area contributed by atoms with E-state index in [4.69, 9.17) is 0 Å². The number of unbranched alkanes of at least 4 members (excludes halogenated alkanes) is 18. The number of rotatable bonds is 22. The number of hydrogen-bond donors (Lipinski definition) is 0. The van der Waals surface area contributed by atoms with Gasteiger partial charge in [0, 0.05) is 9.89 Å². The van der Waals surface area contributed by atoms with Crippen molar-refractivity contribution in [2.24, 2.45) is 0 Å². The predicted molar refractivity (Wildman–Crippen MR) is 173 cm³/mol. The van der Waals surface area contributed by atoms with Gasteiger partial charge in [0.25, 0.3) is 0 Å². The summed E-state index contributed by atoms with van der Waals surface area (Å²) in [6.45, 7) is 4.62. The largest absolute Gasteiger partial charge is 0.0654 e. The standard InChI is InChI=1S/C37H57Br/c1-3-5-7-9-11-13-15-17-19-23-29-37(30-24-20-18-16-14-12-10-8-6-4-2)35-26-22-21-25-33(35)34-28-27-32(38)31-36(34)37/h21-22,25-28,31H,3-20,23-24,29-30H2,1-2H3. The molecule has 38 heavy (non-hydrogen) atoms. The molecule has 0 spiro atoms. The molecule has 0 bridgehead atoms. The van der Waals surface area contributed by atoms with Gasteiger partial charge in [0.1, 0.15) is 0 Å². The summed E-state index contributed by atoms with van der Waals surface area (Å²) in [5.41, 5.74) is 6.40. The minimum absolute atomic E-state index is 0.204. The molecule has 2 aromatic carbocycles. The fraction of sp³-hybridized carbons (Fsp3) is 0.676. The highest BCUT2D eigenvalue weighted by atomic mass is 79.9. The Morgan fingerprint density at radius 3 is 1.39 bits per heavy atom. The van der Waals surface area contributed by atoms with Gasteiger partial charge in [0.2, 0.25) is 0 Å². The molecule has 2 aromatic rings. The Morgan fingerprint density at radius 2 is 0.895 bits per heavy atom. The third-order valence-electron chi connectivity index (χ3n) is 9.14. The molecule has 0 fully saturated rings. The van der Waals surface area contributed by atoms with E-state index in [1.54, 1.807) is 11.1 Å². The van der Waals surface area contributed by atoms with Gasteiger partial charge in [0.05, 0.1) is 0 Å². The Morgan fingerprint density at radius 1 is 0.474 bits per heavy atom. The molecule has 0 radical (unpaired) electrons. The Hall–Kier alpha value is -1.08. The Balaban J connectivity index is 1.55. The van der Waals surface area contributed by atoms with Gasteiger partial charge in [-0.3, -0.25) is 0 Å². The molecule has 0 aliphatic heterocycles. The second-order valence-electron chi connectivity index (χ2n) is 12.2. The summed E-state index contributed by atoms with van der Waals surface area (Å²) in [4.78, 5) is 0. The van der Waals surface area contributed by atoms with Crippen molar-refractivity contribution in [2.45, 2.75) is 161 Å². The predicted octanol–water partition coefficient (Wildman–Crippen LogP) is 13.3. The quantitative estimate of drug-likeness (QED) is 0.121. The highest BCUT2D eigenvalue weighted by molar-refractivity contribution is 9.10. The van der Waals surface area contributed by atoms with Crippen molar-refractivity contribution in [3.8, 4) is 11.1 Å². The van der Waals surface area contributed by atoms with Crippen LogP contribution in [0.3, 0.4) is 0 Å². The van der Waals surface area contributed by atoms with Gasteiger partial charge in [-0.1, -0.05) is 189 Å². The first-order chi connectivity index (χ1) is 18.7. The highest BCUT2D eigenvalue weighted by Crippen LogP contribution is 2.54. The van der Waals surface area contributed by atoms with Crippen LogP contribution in [-0.2, 0) is 5.41 Å². The van der Waals surface area contributed by atoms with Gasteiger partial charge in [0.15, 0.2) is 0 Å². The van der Waals surface area contributed by atoms with Crippen LogP contribution < -0.4 is 0 Å². The fourth-order valence-electron chi connectivity index (χ4n) is 6.92. The summed E-state index contributed by atoms with van der Waals surface area (Å²) in [7, 11) is 0. The molecule has 1 heteroatoms. The van der Waals surface area contributed by atoms with Gasteiger partial charge in [-0.2, -0.15) is 0 Å². The second kappa shape index (κ2) is 18.3. The molecule has 0 heterocycles. The van der Waals surface area contributed by atoms with Crippen LogP contribution in [0.5, 0.6) is 0 Å². The van der Waals surface area contributed by atoms with Crippen LogP contribution in [0.1, 0.15) is 166 Å². The lowest BCUT2D eigenvalue weighted by Gasteiger charge is -2.33. The van der Waals surface area contributed by atoms with Crippen LogP contribution in [0.2, 0.25) is 0 Å². The zero-order chi connectivity index (χ0) is 26.9. The zero-order valence-corrected chi connectivity index (χ0v) is 26.6. The fourth-order valence-corrected chi connectivity index (χ4v) is 7.28. The van der Waals surface area contributed by atoms with E-state index >= 15 is 0 Å². The van der Waals surface area contributed by atoms with Crippen LogP contribution in [0.25, 0.3) is 11.1 Å². The number of benzene rings is 2. The summed E-state index contributed by atoms with van der Waals surface area (Å²) < 4.78 is 1.24. The molecular weight excluding hydrogens is 524 g/mol. The number of hydrogen-bond acceptors (Lipinski definition) is 0. The molecule has 0 atom stereocenters. The summed E-state index contributed by atoms with van der Waals surface area (Å²) >= 11 is 3.83. The van der Waals surface area contributed by atoms with E-state index in [-0.39, 0.29) is 5.41 Å². The molecule has 0 unspecified atom stereocenters. The molecule has 0 saturated carbocycles. The Labute approximate surface area is 244 Å². The maximum Gasteiger partial charge on any atom is 0.0215 e. The lowest BCUT2D eigenvalue weighted by Crippen LogP contribution is -2.25. The maximum atomic E-state index is 3.83. The van der Waals surface area contributed by atoms with Crippen molar-refractivity contribution >= 4 is 15.9 Å². The van der Waals surface area contributed by atoms with Crippen molar-refractivity contribution < 1.29 is 0 Å². The molecular formula is C37H57Br. The average Bonchev–Trinajstić information content (AvgIpc) is 3.20. The highest BCUT2D eigenvalue weighted by Gasteiger charge is 2.42. The maximum absolute atomic E-state index is 3.83. The van der Waals surface area contributed by atoms with Gasteiger partial charge in [-0.25, -0.2) is 0 Å². The summed E-state index contributed by atoms with van der Waals surface area (Å²) in [6, 6.07) is 16.4. The van der Waals surface area contributed by atoms with Crippen molar-refractivity contribution in [3.05, 3.63) is 58.1 Å². The van der Waals surface area contributed by atoms with Crippen molar-refractivity contribution in [1.29, 1.82) is 0 Å². The number of halogens is 1. The van der Waals surface area contributed by atoms with E-state index in [1.807, 2.05) is 0 Å². The lowest BCUT2D eigenvalue weighted by molar-refractivity contribution is 0.396. The minimum atomic E-state index is 0.204. The molecule has 3 rings (SSSR count). The SMILES string of the molecule is CCCCCCCCCCCCC1(CCCCCCCCCCCC)c2ccccc2-c2ccc(Br)cc21. The molecule has 1 aliphatic rings. The average molecular weight is 582 g/mol. The monoisotopic (exact) mass is 580 g/mol. The third-order valence-corrected chi connectivity index (χ3v) is 9.64. The topological polar surface area (TPSA) is 0 Å². The second-order valence-corrected chi connectivity index (χ2v) is 13.1. The molecule has 0 amide bonds. The first kappa shape index (κ1) is 31.4. The normalized spacial score (nSPS) is 13.6. The van der Waals surface area contributed by atoms with Crippen LogP contribution in [-0.4, -0.2) is 0 Å². The van der Waals surface area contributed by atoms with Crippen molar-refractivity contribution in [2.75, 3.05) is 0 Å². The van der Waals surface area contributed by atoms with Crippen LogP contribution in [0.15, 0.2) is 46.9 Å². The van der Waals surface area contributed by atoms with Crippen LogP contribution in [0, 0.1) is 0 Å². The summed E-state index contributed by atoms with van der Waals surface area (Å²) in [5.74, 6) is 0. The smallest absolute Gasteiger partial charge is 0.0215 e. The van der Waals surface area contributed by atoms with Crippen molar-refractivity contribution in [3.63, 3.8) is 0 Å². The van der Waals surface area contributed by atoms with Crippen molar-refractivity contribution in [1.82, 2.24) is 0 Å². The van der Waals surface area contributed by atoms with Gasteiger partial charge >= 0.3 is 0 Å². The molecule has 212 valence electrons. The summed E-state index contributed by atoms with van der Waals surface area (Å²) in [6.07, 6.45) is 30.8. The van der Waals surface area contributed by atoms with E-state index < -0.39 is 0 Å². The molecule has 0 nitrogen and oxygen atoms in total. The van der Waals surface area contributed by atoms with E-state index in [2.05, 4.69) is 72.2 Å². The van der Waals surface area contributed by atoms with Gasteiger partial charge < -0.3 is 0 Å². The molecule has 1 aliphatic carbocycles. The molecule has 0 aromatic heterocycles.